The molecular formula is C11H25NO3. The molecule has 0 saturated heterocycles. The standard InChI is InChI=1S/C11H25NO3/c1-4-5-12(6-7-13)8-11(14)9-15-10(2)3/h10-11,13-14H,4-9H2,1-3H3. The van der Waals surface area contributed by atoms with Gasteiger partial charge in [0.05, 0.1) is 25.4 Å². The van der Waals surface area contributed by atoms with E-state index in [1.54, 1.807) is 0 Å². The summed E-state index contributed by atoms with van der Waals surface area (Å²) in [5.74, 6) is 0. The van der Waals surface area contributed by atoms with Gasteiger partial charge in [0.1, 0.15) is 0 Å². The van der Waals surface area contributed by atoms with Gasteiger partial charge in [-0.15, -0.1) is 0 Å². The molecule has 0 radical (unpaired) electrons. The number of aliphatic hydroxyl groups excluding tert-OH is 2. The van der Waals surface area contributed by atoms with E-state index in [1.807, 2.05) is 18.7 Å². The quantitative estimate of drug-likeness (QED) is 0.592. The van der Waals surface area contributed by atoms with Gasteiger partial charge in [-0.1, -0.05) is 6.92 Å². The third-order valence-electron chi connectivity index (χ3n) is 2.05. The first kappa shape index (κ1) is 14.8. The number of nitrogens with zero attached hydrogens (tertiary/aromatic N) is 1. The minimum atomic E-state index is -0.467. The highest BCUT2D eigenvalue weighted by Gasteiger charge is 2.11. The predicted octanol–water partition coefficient (Wildman–Crippen LogP) is 0.477. The van der Waals surface area contributed by atoms with Crippen molar-refractivity contribution in [2.75, 3.05) is 32.8 Å². The second-order valence-corrected chi connectivity index (χ2v) is 4.06. The lowest BCUT2D eigenvalue weighted by Crippen LogP contribution is -2.37. The van der Waals surface area contributed by atoms with E-state index >= 15 is 0 Å². The zero-order valence-electron chi connectivity index (χ0n) is 10.1. The minimum absolute atomic E-state index is 0.137. The first-order chi connectivity index (χ1) is 7.10. The van der Waals surface area contributed by atoms with Gasteiger partial charge in [0.25, 0.3) is 0 Å². The summed E-state index contributed by atoms with van der Waals surface area (Å²) in [5, 5.41) is 18.5. The summed E-state index contributed by atoms with van der Waals surface area (Å²) in [5.41, 5.74) is 0. The van der Waals surface area contributed by atoms with E-state index in [-0.39, 0.29) is 12.7 Å². The van der Waals surface area contributed by atoms with Crippen molar-refractivity contribution in [3.8, 4) is 0 Å². The topological polar surface area (TPSA) is 52.9 Å². The van der Waals surface area contributed by atoms with Crippen molar-refractivity contribution < 1.29 is 14.9 Å². The monoisotopic (exact) mass is 219 g/mol. The first-order valence-electron chi connectivity index (χ1n) is 5.73. The highest BCUT2D eigenvalue weighted by Crippen LogP contribution is 1.97. The maximum atomic E-state index is 9.67. The Bertz CT molecular complexity index is 136. The molecule has 0 heterocycles. The summed E-state index contributed by atoms with van der Waals surface area (Å²) in [6.07, 6.45) is 0.709. The summed E-state index contributed by atoms with van der Waals surface area (Å²) in [7, 11) is 0. The third-order valence-corrected chi connectivity index (χ3v) is 2.05. The molecule has 0 fully saturated rings. The smallest absolute Gasteiger partial charge is 0.0900 e. The molecule has 0 spiro atoms. The molecule has 0 amide bonds. The molecule has 0 saturated carbocycles. The van der Waals surface area contributed by atoms with Crippen LogP contribution in [0.5, 0.6) is 0 Å². The molecule has 0 rings (SSSR count). The molecule has 0 bridgehead atoms. The van der Waals surface area contributed by atoms with Crippen molar-refractivity contribution in [3.05, 3.63) is 0 Å². The van der Waals surface area contributed by atoms with Crippen molar-refractivity contribution in [1.82, 2.24) is 4.90 Å². The second kappa shape index (κ2) is 9.09. The van der Waals surface area contributed by atoms with Crippen LogP contribution in [0, 0.1) is 0 Å². The normalized spacial score (nSPS) is 13.8. The first-order valence-corrected chi connectivity index (χ1v) is 5.73. The van der Waals surface area contributed by atoms with Gasteiger partial charge in [0, 0.05) is 13.1 Å². The largest absolute Gasteiger partial charge is 0.395 e. The summed E-state index contributed by atoms with van der Waals surface area (Å²) in [6, 6.07) is 0. The SMILES string of the molecule is CCCN(CCO)CC(O)COC(C)C. The molecule has 4 nitrogen and oxygen atoms in total. The van der Waals surface area contributed by atoms with Crippen LogP contribution < -0.4 is 0 Å². The van der Waals surface area contributed by atoms with E-state index in [4.69, 9.17) is 9.84 Å². The zero-order chi connectivity index (χ0) is 11.7. The van der Waals surface area contributed by atoms with Gasteiger partial charge in [-0.25, -0.2) is 0 Å². The fraction of sp³-hybridized carbons (Fsp3) is 1.00. The van der Waals surface area contributed by atoms with Crippen molar-refractivity contribution >= 4 is 0 Å². The van der Waals surface area contributed by atoms with Crippen LogP contribution >= 0.6 is 0 Å². The number of rotatable bonds is 9. The molecule has 0 aliphatic carbocycles. The highest BCUT2D eigenvalue weighted by atomic mass is 16.5. The number of aliphatic hydroxyl groups is 2. The van der Waals surface area contributed by atoms with E-state index in [0.29, 0.717) is 19.7 Å². The van der Waals surface area contributed by atoms with Gasteiger partial charge in [-0.05, 0) is 26.8 Å². The van der Waals surface area contributed by atoms with Crippen LogP contribution in [0.4, 0.5) is 0 Å². The molecule has 0 aliphatic rings. The van der Waals surface area contributed by atoms with Crippen molar-refractivity contribution in [1.29, 1.82) is 0 Å². The Kier molecular flexibility index (Phi) is 9.00. The zero-order valence-corrected chi connectivity index (χ0v) is 10.1. The molecule has 4 heteroatoms. The van der Waals surface area contributed by atoms with Gasteiger partial charge < -0.3 is 14.9 Å². The molecule has 1 atom stereocenters. The molecule has 2 N–H and O–H groups in total. The Hall–Kier alpha value is -0.160. The molecular weight excluding hydrogens is 194 g/mol. The Morgan fingerprint density at radius 3 is 2.40 bits per heavy atom. The summed E-state index contributed by atoms with van der Waals surface area (Å²) in [6.45, 7) is 8.57. The lowest BCUT2D eigenvalue weighted by atomic mass is 10.3. The Labute approximate surface area is 92.9 Å². The molecule has 0 aromatic carbocycles. The summed E-state index contributed by atoms with van der Waals surface area (Å²) < 4.78 is 5.32. The maximum Gasteiger partial charge on any atom is 0.0900 e. The van der Waals surface area contributed by atoms with Crippen LogP contribution in [0.25, 0.3) is 0 Å². The molecule has 0 aromatic rings. The highest BCUT2D eigenvalue weighted by molar-refractivity contribution is 4.64. The average Bonchev–Trinajstić information content (AvgIpc) is 2.15. The average molecular weight is 219 g/mol. The third kappa shape index (κ3) is 8.81. The van der Waals surface area contributed by atoms with Gasteiger partial charge in [-0.2, -0.15) is 0 Å². The fourth-order valence-corrected chi connectivity index (χ4v) is 1.41. The van der Waals surface area contributed by atoms with E-state index < -0.39 is 6.10 Å². The van der Waals surface area contributed by atoms with Crippen LogP contribution in [0.15, 0.2) is 0 Å². The Morgan fingerprint density at radius 2 is 1.93 bits per heavy atom. The van der Waals surface area contributed by atoms with Crippen molar-refractivity contribution in [2.24, 2.45) is 0 Å². The van der Waals surface area contributed by atoms with E-state index in [1.165, 1.54) is 0 Å². The van der Waals surface area contributed by atoms with E-state index in [2.05, 4.69) is 6.92 Å². The van der Waals surface area contributed by atoms with Crippen LogP contribution in [0.2, 0.25) is 0 Å². The number of hydrogen-bond donors (Lipinski definition) is 2. The van der Waals surface area contributed by atoms with E-state index in [9.17, 15) is 5.11 Å². The fourth-order valence-electron chi connectivity index (χ4n) is 1.41. The molecule has 15 heavy (non-hydrogen) atoms. The Morgan fingerprint density at radius 1 is 1.27 bits per heavy atom. The van der Waals surface area contributed by atoms with Gasteiger partial charge in [0.2, 0.25) is 0 Å². The maximum absolute atomic E-state index is 9.67. The lowest BCUT2D eigenvalue weighted by Gasteiger charge is -2.24. The van der Waals surface area contributed by atoms with Crippen LogP contribution in [0.1, 0.15) is 27.2 Å². The second-order valence-electron chi connectivity index (χ2n) is 4.06. The summed E-state index contributed by atoms with van der Waals surface area (Å²) in [4.78, 5) is 2.05. The molecule has 0 aromatic heterocycles. The number of ether oxygens (including phenoxy) is 1. The minimum Gasteiger partial charge on any atom is -0.395 e. The van der Waals surface area contributed by atoms with Gasteiger partial charge in [0.15, 0.2) is 0 Å². The summed E-state index contributed by atoms with van der Waals surface area (Å²) >= 11 is 0. The number of hydrogen-bond acceptors (Lipinski definition) is 4. The lowest BCUT2D eigenvalue weighted by molar-refractivity contribution is -0.0100. The molecule has 0 aliphatic heterocycles. The van der Waals surface area contributed by atoms with Crippen LogP contribution in [-0.2, 0) is 4.74 Å². The van der Waals surface area contributed by atoms with E-state index in [0.717, 1.165) is 13.0 Å². The van der Waals surface area contributed by atoms with Crippen molar-refractivity contribution in [2.45, 2.75) is 39.4 Å². The van der Waals surface area contributed by atoms with Crippen molar-refractivity contribution in [3.63, 3.8) is 0 Å². The Balaban J connectivity index is 3.72. The van der Waals surface area contributed by atoms with Crippen LogP contribution in [-0.4, -0.2) is 60.2 Å². The van der Waals surface area contributed by atoms with Gasteiger partial charge >= 0.3 is 0 Å². The van der Waals surface area contributed by atoms with Crippen LogP contribution in [0.3, 0.4) is 0 Å². The van der Waals surface area contributed by atoms with Gasteiger partial charge in [-0.3, -0.25) is 4.90 Å². The molecule has 1 unspecified atom stereocenters. The predicted molar refractivity (Wildman–Crippen MR) is 60.9 cm³/mol. The molecule has 92 valence electrons.